The first-order valence-corrected chi connectivity index (χ1v) is 7.73. The van der Waals surface area contributed by atoms with Gasteiger partial charge in [0.25, 0.3) is 0 Å². The molecule has 1 aliphatic rings. The van der Waals surface area contributed by atoms with Gasteiger partial charge in [-0.1, -0.05) is 30.3 Å². The van der Waals surface area contributed by atoms with Gasteiger partial charge in [0.15, 0.2) is 0 Å². The number of hydrogen-bond donors (Lipinski definition) is 1. The molecule has 1 saturated heterocycles. The average Bonchev–Trinajstić information content (AvgIpc) is 2.79. The number of hydrogen-bond acceptors (Lipinski definition) is 2. The molecule has 0 saturated carbocycles. The van der Waals surface area contributed by atoms with Gasteiger partial charge in [-0.15, -0.1) is 0 Å². The summed E-state index contributed by atoms with van der Waals surface area (Å²) in [7, 11) is 3.61. The van der Waals surface area contributed by atoms with Crippen LogP contribution in [0.3, 0.4) is 0 Å². The van der Waals surface area contributed by atoms with Crippen LogP contribution in [0.2, 0.25) is 0 Å². The molecule has 1 fully saturated rings. The predicted octanol–water partition coefficient (Wildman–Crippen LogP) is 2.26. The summed E-state index contributed by atoms with van der Waals surface area (Å²) in [4.78, 5) is 27.6. The Morgan fingerprint density at radius 3 is 2.59 bits per heavy atom. The monoisotopic (exact) mass is 303 g/mol. The molecule has 0 radical (unpaired) electrons. The van der Waals surface area contributed by atoms with Crippen molar-refractivity contribution < 1.29 is 9.59 Å². The quantitative estimate of drug-likeness (QED) is 0.927. The largest absolute Gasteiger partial charge is 0.338 e. The molecule has 22 heavy (non-hydrogen) atoms. The van der Waals surface area contributed by atoms with E-state index in [1.807, 2.05) is 51.2 Å². The third-order valence-corrected chi connectivity index (χ3v) is 4.45. The number of benzene rings is 1. The van der Waals surface area contributed by atoms with Crippen LogP contribution in [0.15, 0.2) is 30.3 Å². The van der Waals surface area contributed by atoms with Crippen LogP contribution in [0.25, 0.3) is 0 Å². The molecule has 2 atom stereocenters. The van der Waals surface area contributed by atoms with Crippen LogP contribution in [-0.4, -0.2) is 48.4 Å². The Balaban J connectivity index is 2.06. The number of amides is 3. The maximum Gasteiger partial charge on any atom is 0.317 e. The highest BCUT2D eigenvalue weighted by Crippen LogP contribution is 2.36. The smallest absolute Gasteiger partial charge is 0.317 e. The molecular formula is C17H25N3O2. The lowest BCUT2D eigenvalue weighted by atomic mass is 9.94. The van der Waals surface area contributed by atoms with E-state index in [9.17, 15) is 9.59 Å². The van der Waals surface area contributed by atoms with E-state index in [2.05, 4.69) is 5.32 Å². The molecule has 0 aromatic heterocycles. The minimum Gasteiger partial charge on any atom is -0.338 e. The zero-order valence-corrected chi connectivity index (χ0v) is 13.7. The molecular weight excluding hydrogens is 278 g/mol. The van der Waals surface area contributed by atoms with Crippen molar-refractivity contribution in [3.05, 3.63) is 35.9 Å². The summed E-state index contributed by atoms with van der Waals surface area (Å²) in [5, 5.41) is 2.95. The van der Waals surface area contributed by atoms with Crippen LogP contribution in [0, 0.1) is 5.92 Å². The van der Waals surface area contributed by atoms with Crippen molar-refractivity contribution in [1.29, 1.82) is 0 Å². The number of nitrogens with zero attached hydrogens (tertiary/aromatic N) is 2. The number of rotatable bonds is 4. The molecule has 0 aliphatic carbocycles. The molecule has 2 rings (SSSR count). The highest BCUT2D eigenvalue weighted by Gasteiger charge is 2.38. The lowest BCUT2D eigenvalue weighted by Gasteiger charge is -2.27. The second-order valence-corrected chi connectivity index (χ2v) is 6.22. The van der Waals surface area contributed by atoms with Gasteiger partial charge in [0, 0.05) is 39.0 Å². The van der Waals surface area contributed by atoms with Crippen LogP contribution >= 0.6 is 0 Å². The van der Waals surface area contributed by atoms with Crippen molar-refractivity contribution in [2.24, 2.45) is 5.92 Å². The fraction of sp³-hybridized carbons (Fsp3) is 0.529. The van der Waals surface area contributed by atoms with Gasteiger partial charge in [-0.25, -0.2) is 4.79 Å². The minimum absolute atomic E-state index is 0.0263. The Hall–Kier alpha value is -2.04. The highest BCUT2D eigenvalue weighted by molar-refractivity contribution is 5.80. The second-order valence-electron chi connectivity index (χ2n) is 6.22. The molecule has 1 heterocycles. The Morgan fingerprint density at radius 2 is 2.00 bits per heavy atom. The van der Waals surface area contributed by atoms with Crippen molar-refractivity contribution in [3.8, 4) is 0 Å². The standard InChI is InChI=1S/C17H25N3O2/c1-12(2)19(3)17(22)18-11-14-10-15(21)20(4)16(14)13-8-6-5-7-9-13/h5-9,12,14,16H,10-11H2,1-4H3,(H,18,22)/t14-,16+/m0/s1. The molecule has 5 heteroatoms. The highest BCUT2D eigenvalue weighted by atomic mass is 16.2. The molecule has 1 aliphatic heterocycles. The second kappa shape index (κ2) is 6.81. The summed E-state index contributed by atoms with van der Waals surface area (Å²) < 4.78 is 0. The summed E-state index contributed by atoms with van der Waals surface area (Å²) in [6.07, 6.45) is 0.474. The van der Waals surface area contributed by atoms with Crippen LogP contribution in [-0.2, 0) is 4.79 Å². The van der Waals surface area contributed by atoms with Gasteiger partial charge in [-0.05, 0) is 19.4 Å². The van der Waals surface area contributed by atoms with E-state index in [1.54, 1.807) is 16.8 Å². The molecule has 1 aromatic rings. The summed E-state index contributed by atoms with van der Waals surface area (Å²) in [5.41, 5.74) is 1.12. The summed E-state index contributed by atoms with van der Waals surface area (Å²) in [6.45, 7) is 4.45. The molecule has 1 aromatic carbocycles. The first-order valence-electron chi connectivity index (χ1n) is 7.73. The number of likely N-dealkylation sites (tertiary alicyclic amines) is 1. The molecule has 5 nitrogen and oxygen atoms in total. The van der Waals surface area contributed by atoms with E-state index in [1.165, 1.54) is 0 Å². The molecule has 120 valence electrons. The summed E-state index contributed by atoms with van der Waals surface area (Å²) in [5.74, 6) is 0.231. The maximum absolute atomic E-state index is 12.1. The van der Waals surface area contributed by atoms with Crippen LogP contribution in [0.1, 0.15) is 31.9 Å². The van der Waals surface area contributed by atoms with Gasteiger partial charge in [-0.3, -0.25) is 4.79 Å². The van der Waals surface area contributed by atoms with Crippen LogP contribution in [0.5, 0.6) is 0 Å². The number of nitrogens with one attached hydrogen (secondary N) is 1. The number of carbonyl (C=O) groups excluding carboxylic acids is 2. The van der Waals surface area contributed by atoms with E-state index in [-0.39, 0.29) is 29.9 Å². The molecule has 1 N–H and O–H groups in total. The Labute approximate surface area is 132 Å². The van der Waals surface area contributed by atoms with E-state index < -0.39 is 0 Å². The molecule has 0 unspecified atom stereocenters. The average molecular weight is 303 g/mol. The Kier molecular flexibility index (Phi) is 5.06. The van der Waals surface area contributed by atoms with Crippen molar-refractivity contribution in [2.45, 2.75) is 32.4 Å². The van der Waals surface area contributed by atoms with Crippen molar-refractivity contribution in [2.75, 3.05) is 20.6 Å². The fourth-order valence-electron chi connectivity index (χ4n) is 2.86. The first kappa shape index (κ1) is 16.3. The fourth-order valence-corrected chi connectivity index (χ4v) is 2.86. The van der Waals surface area contributed by atoms with Gasteiger partial charge in [0.2, 0.25) is 5.91 Å². The van der Waals surface area contributed by atoms with Crippen molar-refractivity contribution in [1.82, 2.24) is 15.1 Å². The van der Waals surface area contributed by atoms with E-state index in [0.29, 0.717) is 13.0 Å². The number of carbonyl (C=O) groups is 2. The van der Waals surface area contributed by atoms with Crippen LogP contribution in [0.4, 0.5) is 4.79 Å². The normalized spacial score (nSPS) is 21.3. The zero-order chi connectivity index (χ0) is 16.3. The number of urea groups is 1. The van der Waals surface area contributed by atoms with Crippen molar-refractivity contribution >= 4 is 11.9 Å². The van der Waals surface area contributed by atoms with Gasteiger partial charge in [-0.2, -0.15) is 0 Å². The molecule has 0 bridgehead atoms. The van der Waals surface area contributed by atoms with Crippen molar-refractivity contribution in [3.63, 3.8) is 0 Å². The third kappa shape index (κ3) is 3.40. The minimum atomic E-state index is -0.0937. The summed E-state index contributed by atoms with van der Waals surface area (Å²) in [6, 6.07) is 10.1. The predicted molar refractivity (Wildman–Crippen MR) is 86.4 cm³/mol. The van der Waals surface area contributed by atoms with E-state index in [0.717, 1.165) is 5.56 Å². The maximum atomic E-state index is 12.1. The Morgan fingerprint density at radius 1 is 1.36 bits per heavy atom. The van der Waals surface area contributed by atoms with E-state index >= 15 is 0 Å². The lowest BCUT2D eigenvalue weighted by Crippen LogP contribution is -2.43. The third-order valence-electron chi connectivity index (χ3n) is 4.45. The summed E-state index contributed by atoms with van der Waals surface area (Å²) >= 11 is 0. The van der Waals surface area contributed by atoms with Crippen LogP contribution < -0.4 is 5.32 Å². The Bertz CT molecular complexity index is 530. The topological polar surface area (TPSA) is 52.7 Å². The van der Waals surface area contributed by atoms with Gasteiger partial charge < -0.3 is 15.1 Å². The lowest BCUT2D eigenvalue weighted by molar-refractivity contribution is -0.127. The van der Waals surface area contributed by atoms with Gasteiger partial charge in [0.05, 0.1) is 6.04 Å². The van der Waals surface area contributed by atoms with Gasteiger partial charge >= 0.3 is 6.03 Å². The zero-order valence-electron chi connectivity index (χ0n) is 13.7. The molecule has 3 amide bonds. The first-order chi connectivity index (χ1) is 10.4. The molecule has 0 spiro atoms. The SMILES string of the molecule is CC(C)N(C)C(=O)NC[C@@H]1CC(=O)N(C)[C@@H]1c1ccccc1. The van der Waals surface area contributed by atoms with E-state index in [4.69, 9.17) is 0 Å². The van der Waals surface area contributed by atoms with Gasteiger partial charge in [0.1, 0.15) is 0 Å².